The third kappa shape index (κ3) is 21.0. The van der Waals surface area contributed by atoms with Crippen LogP contribution < -0.4 is 17.0 Å². The predicted octanol–water partition coefficient (Wildman–Crippen LogP) is -1.98. The summed E-state index contributed by atoms with van der Waals surface area (Å²) < 4.78 is 0. The molecular formula is C4H7BrMg. The van der Waals surface area contributed by atoms with Crippen LogP contribution >= 0.6 is 0 Å². The normalized spacial score (nSPS) is 6.17. The molecule has 0 fully saturated rings. The Bertz CT molecular complexity index is 22.7. The average Bonchev–Trinajstić information content (AvgIpc) is 1.37. The molecule has 6 heavy (non-hydrogen) atoms. The topological polar surface area (TPSA) is 0 Å². The molecule has 2 heteroatoms. The summed E-state index contributed by atoms with van der Waals surface area (Å²) in [5.41, 5.74) is 0. The fourth-order valence-electron chi connectivity index (χ4n) is 0. The summed E-state index contributed by atoms with van der Waals surface area (Å²) in [7, 11) is 0. The van der Waals surface area contributed by atoms with Crippen molar-refractivity contribution in [2.24, 2.45) is 0 Å². The number of rotatable bonds is 0. The van der Waals surface area contributed by atoms with Crippen LogP contribution in [0, 0.1) is 6.92 Å². The van der Waals surface area contributed by atoms with Crippen molar-refractivity contribution >= 4 is 23.1 Å². The standard InChI is InChI=1S/C4H7.BrH.Mg/c1-3-4-2;;/h3-4H,1H2,2H3;1H;/q-1;;+2/p-1/b4-3-;;. The second kappa shape index (κ2) is 16.9. The van der Waals surface area contributed by atoms with Gasteiger partial charge in [-0.3, -0.25) is 0 Å². The molecule has 0 bridgehead atoms. The average molecular weight is 159 g/mol. The Morgan fingerprint density at radius 3 is 1.67 bits per heavy atom. The van der Waals surface area contributed by atoms with E-state index in [1.54, 1.807) is 6.08 Å². The van der Waals surface area contributed by atoms with Gasteiger partial charge in [0.25, 0.3) is 0 Å². The van der Waals surface area contributed by atoms with E-state index in [-0.39, 0.29) is 40.0 Å². The van der Waals surface area contributed by atoms with Gasteiger partial charge in [-0.15, -0.1) is 6.92 Å². The van der Waals surface area contributed by atoms with E-state index in [2.05, 4.69) is 6.92 Å². The molecule has 0 aliphatic rings. The van der Waals surface area contributed by atoms with Crippen molar-refractivity contribution in [3.05, 3.63) is 19.1 Å². The van der Waals surface area contributed by atoms with E-state index in [1.807, 2.05) is 13.0 Å². The Morgan fingerprint density at radius 1 is 1.50 bits per heavy atom. The molecule has 0 spiro atoms. The molecule has 0 saturated carbocycles. The second-order valence-electron chi connectivity index (χ2n) is 0.569. The molecule has 0 aromatic heterocycles. The molecule has 0 aromatic rings. The van der Waals surface area contributed by atoms with Crippen molar-refractivity contribution in [1.82, 2.24) is 0 Å². The van der Waals surface area contributed by atoms with Crippen LogP contribution in [0.2, 0.25) is 0 Å². The van der Waals surface area contributed by atoms with Crippen molar-refractivity contribution < 1.29 is 17.0 Å². The van der Waals surface area contributed by atoms with Crippen LogP contribution in [0.3, 0.4) is 0 Å². The zero-order valence-electron chi connectivity index (χ0n) is 3.95. The monoisotopic (exact) mass is 158 g/mol. The Balaban J connectivity index is -0.0000000450. The van der Waals surface area contributed by atoms with Crippen molar-refractivity contribution in [1.29, 1.82) is 0 Å². The van der Waals surface area contributed by atoms with E-state index < -0.39 is 0 Å². The maximum atomic E-state index is 3.42. The molecule has 0 heterocycles. The van der Waals surface area contributed by atoms with E-state index in [0.717, 1.165) is 0 Å². The van der Waals surface area contributed by atoms with E-state index >= 15 is 0 Å². The fraction of sp³-hybridized carbons (Fsp3) is 0.250. The molecule has 32 valence electrons. The molecule has 0 N–H and O–H groups in total. The van der Waals surface area contributed by atoms with Crippen LogP contribution in [0.4, 0.5) is 0 Å². The van der Waals surface area contributed by atoms with Gasteiger partial charge in [-0.1, -0.05) is 0 Å². The van der Waals surface area contributed by atoms with E-state index in [0.29, 0.717) is 0 Å². The molecule has 0 unspecified atom stereocenters. The third-order valence-electron chi connectivity index (χ3n) is 0.236. The van der Waals surface area contributed by atoms with Crippen LogP contribution in [0.5, 0.6) is 0 Å². The maximum absolute atomic E-state index is 3.42. The summed E-state index contributed by atoms with van der Waals surface area (Å²) in [6.45, 7) is 5.36. The van der Waals surface area contributed by atoms with Crippen LogP contribution in [-0.2, 0) is 0 Å². The molecule has 0 saturated heterocycles. The van der Waals surface area contributed by atoms with Gasteiger partial charge in [-0.05, 0) is 0 Å². The molecule has 0 rings (SSSR count). The minimum atomic E-state index is 0. The number of hydrogen-bond donors (Lipinski definition) is 0. The molecule has 0 radical (unpaired) electrons. The third-order valence-corrected chi connectivity index (χ3v) is 0.236. The van der Waals surface area contributed by atoms with Gasteiger partial charge in [-0.25, -0.2) is 19.1 Å². The largest absolute Gasteiger partial charge is 2.00 e. The summed E-state index contributed by atoms with van der Waals surface area (Å²) in [6, 6.07) is 0. The first-order valence-electron chi connectivity index (χ1n) is 1.32. The molecule has 0 amide bonds. The van der Waals surface area contributed by atoms with E-state index in [9.17, 15) is 0 Å². The van der Waals surface area contributed by atoms with Gasteiger partial charge in [0.1, 0.15) is 0 Å². The zero-order valence-corrected chi connectivity index (χ0v) is 6.95. The Hall–Kier alpha value is 0.856. The van der Waals surface area contributed by atoms with Crippen LogP contribution in [-0.4, -0.2) is 23.1 Å². The van der Waals surface area contributed by atoms with E-state index in [1.165, 1.54) is 0 Å². The zero-order chi connectivity index (χ0) is 3.41. The molecule has 0 aliphatic heterocycles. The summed E-state index contributed by atoms with van der Waals surface area (Å²) in [6.07, 6.45) is 3.64. The fourth-order valence-corrected chi connectivity index (χ4v) is 0. The first-order valence-corrected chi connectivity index (χ1v) is 1.32. The quantitative estimate of drug-likeness (QED) is 0.284. The van der Waals surface area contributed by atoms with Crippen molar-refractivity contribution in [3.63, 3.8) is 0 Å². The van der Waals surface area contributed by atoms with Crippen molar-refractivity contribution in [3.8, 4) is 0 Å². The van der Waals surface area contributed by atoms with Gasteiger partial charge in [0.05, 0.1) is 0 Å². The first kappa shape index (κ1) is 15.8. The smallest absolute Gasteiger partial charge is 1.00 e. The van der Waals surface area contributed by atoms with E-state index in [4.69, 9.17) is 0 Å². The Kier molecular flexibility index (Phi) is 44.6. The number of halogens is 1. The van der Waals surface area contributed by atoms with Gasteiger partial charge in [0.2, 0.25) is 0 Å². The summed E-state index contributed by atoms with van der Waals surface area (Å²) in [5, 5.41) is 0. The van der Waals surface area contributed by atoms with Crippen LogP contribution in [0.15, 0.2) is 12.2 Å². The first-order chi connectivity index (χ1) is 1.91. The second-order valence-corrected chi connectivity index (χ2v) is 0.569. The summed E-state index contributed by atoms with van der Waals surface area (Å²) in [4.78, 5) is 0. The number of hydrogen-bond acceptors (Lipinski definition) is 0. The Morgan fingerprint density at radius 2 is 1.67 bits per heavy atom. The van der Waals surface area contributed by atoms with Gasteiger partial charge >= 0.3 is 23.1 Å². The van der Waals surface area contributed by atoms with Crippen molar-refractivity contribution in [2.45, 2.75) is 6.92 Å². The molecule has 0 nitrogen and oxygen atoms in total. The minimum absolute atomic E-state index is 0. The summed E-state index contributed by atoms with van der Waals surface area (Å²) >= 11 is 0. The molecule has 0 aromatic carbocycles. The predicted molar refractivity (Wildman–Crippen MR) is 25.9 cm³/mol. The van der Waals surface area contributed by atoms with Gasteiger partial charge in [0.15, 0.2) is 0 Å². The molecule has 0 atom stereocenters. The van der Waals surface area contributed by atoms with Crippen LogP contribution in [0.25, 0.3) is 0 Å². The number of allylic oxidation sites excluding steroid dienone is 2. The maximum Gasteiger partial charge on any atom is 2.00 e. The van der Waals surface area contributed by atoms with Crippen LogP contribution in [0.1, 0.15) is 6.92 Å². The van der Waals surface area contributed by atoms with Gasteiger partial charge in [0, 0.05) is 0 Å². The minimum Gasteiger partial charge on any atom is -1.00 e. The Labute approximate surface area is 65.9 Å². The van der Waals surface area contributed by atoms with Gasteiger partial charge in [-0.2, -0.15) is 0 Å². The summed E-state index contributed by atoms with van der Waals surface area (Å²) in [5.74, 6) is 0. The van der Waals surface area contributed by atoms with Gasteiger partial charge < -0.3 is 17.0 Å². The SMILES string of the molecule is [Br-].[CH2-]/C=C\C.[Mg+2]. The molecule has 0 aliphatic carbocycles. The molecular weight excluding hydrogens is 152 g/mol. The van der Waals surface area contributed by atoms with Crippen molar-refractivity contribution in [2.75, 3.05) is 0 Å².